The molecule has 1 heterocycles. The zero-order valence-electron chi connectivity index (χ0n) is 10.2. The molecular weight excluding hydrogens is 198 g/mol. The summed E-state index contributed by atoms with van der Waals surface area (Å²) in [6.45, 7) is 6.47. The fourth-order valence-corrected chi connectivity index (χ4v) is 2.39. The van der Waals surface area contributed by atoms with Crippen LogP contribution in [0.25, 0.3) is 0 Å². The Morgan fingerprint density at radius 2 is 2.00 bits per heavy atom. The van der Waals surface area contributed by atoms with Crippen LogP contribution < -0.4 is 4.90 Å². The maximum atomic E-state index is 11.9. The van der Waals surface area contributed by atoms with Gasteiger partial charge in [0.2, 0.25) is 5.91 Å². The predicted molar refractivity (Wildman–Crippen MR) is 66.7 cm³/mol. The minimum absolute atomic E-state index is 0.264. The molecule has 0 saturated carbocycles. The third kappa shape index (κ3) is 1.84. The van der Waals surface area contributed by atoms with Gasteiger partial charge in [0.05, 0.1) is 0 Å². The molecule has 0 aliphatic carbocycles. The Labute approximate surface area is 97.3 Å². The first kappa shape index (κ1) is 11.2. The summed E-state index contributed by atoms with van der Waals surface area (Å²) >= 11 is 0. The number of rotatable bonds is 2. The number of amides is 1. The average molecular weight is 217 g/mol. The molecule has 1 atom stereocenters. The minimum Gasteiger partial charge on any atom is -0.309 e. The van der Waals surface area contributed by atoms with Crippen LogP contribution in [-0.4, -0.2) is 11.9 Å². The molecule has 1 saturated heterocycles. The third-order valence-electron chi connectivity index (χ3n) is 3.30. The normalized spacial score (nSPS) is 20.9. The van der Waals surface area contributed by atoms with E-state index in [1.165, 1.54) is 5.56 Å². The van der Waals surface area contributed by atoms with Gasteiger partial charge in [0.15, 0.2) is 0 Å². The van der Waals surface area contributed by atoms with Crippen LogP contribution in [0.5, 0.6) is 0 Å². The molecule has 0 N–H and O–H groups in total. The van der Waals surface area contributed by atoms with Crippen LogP contribution in [0.1, 0.15) is 45.1 Å². The first-order valence-corrected chi connectivity index (χ1v) is 6.02. The summed E-state index contributed by atoms with van der Waals surface area (Å²) < 4.78 is 0. The van der Waals surface area contributed by atoms with Crippen molar-refractivity contribution in [3.63, 3.8) is 0 Å². The van der Waals surface area contributed by atoms with E-state index in [1.807, 2.05) is 17.0 Å². The monoisotopic (exact) mass is 217 g/mol. The molecule has 1 fully saturated rings. The molecule has 1 aliphatic heterocycles. The van der Waals surface area contributed by atoms with Crippen LogP contribution in [0.15, 0.2) is 24.3 Å². The third-order valence-corrected chi connectivity index (χ3v) is 3.30. The number of carbonyl (C=O) groups excluding carboxylic acids is 1. The molecule has 2 nitrogen and oxygen atoms in total. The quantitative estimate of drug-likeness (QED) is 0.744. The molecule has 1 unspecified atom stereocenters. The van der Waals surface area contributed by atoms with Gasteiger partial charge in [-0.15, -0.1) is 0 Å². The van der Waals surface area contributed by atoms with Crippen molar-refractivity contribution in [2.45, 2.75) is 45.6 Å². The summed E-state index contributed by atoms with van der Waals surface area (Å²) in [6, 6.07) is 8.59. The van der Waals surface area contributed by atoms with Gasteiger partial charge in [0.1, 0.15) is 0 Å². The molecular formula is C14H19NO. The Morgan fingerprint density at radius 3 is 2.56 bits per heavy atom. The van der Waals surface area contributed by atoms with E-state index in [-0.39, 0.29) is 5.91 Å². The highest BCUT2D eigenvalue weighted by Gasteiger charge is 2.30. The number of hydrogen-bond acceptors (Lipinski definition) is 1. The van der Waals surface area contributed by atoms with Crippen molar-refractivity contribution in [3.8, 4) is 0 Å². The van der Waals surface area contributed by atoms with Gasteiger partial charge in [-0.1, -0.05) is 32.0 Å². The van der Waals surface area contributed by atoms with E-state index in [0.29, 0.717) is 18.4 Å². The van der Waals surface area contributed by atoms with E-state index >= 15 is 0 Å². The number of hydrogen-bond donors (Lipinski definition) is 0. The van der Waals surface area contributed by atoms with Crippen molar-refractivity contribution >= 4 is 11.6 Å². The molecule has 1 amide bonds. The highest BCUT2D eigenvalue weighted by Crippen LogP contribution is 2.32. The molecule has 2 heteroatoms. The average Bonchev–Trinajstić information content (AvgIpc) is 2.58. The van der Waals surface area contributed by atoms with Crippen LogP contribution in [-0.2, 0) is 4.79 Å². The van der Waals surface area contributed by atoms with Gasteiger partial charge < -0.3 is 4.90 Å². The van der Waals surface area contributed by atoms with Crippen LogP contribution in [0, 0.1) is 0 Å². The predicted octanol–water partition coefficient (Wildman–Crippen LogP) is 3.33. The fraction of sp³-hybridized carbons (Fsp3) is 0.500. The van der Waals surface area contributed by atoms with Crippen molar-refractivity contribution in [2.24, 2.45) is 0 Å². The van der Waals surface area contributed by atoms with Crippen LogP contribution in [0.4, 0.5) is 5.69 Å². The van der Waals surface area contributed by atoms with Crippen molar-refractivity contribution in [1.82, 2.24) is 0 Å². The second kappa shape index (κ2) is 4.28. The lowest BCUT2D eigenvalue weighted by Crippen LogP contribution is -2.31. The summed E-state index contributed by atoms with van der Waals surface area (Å²) in [4.78, 5) is 13.9. The maximum absolute atomic E-state index is 11.9. The van der Waals surface area contributed by atoms with Gasteiger partial charge in [0.25, 0.3) is 0 Å². The lowest BCUT2D eigenvalue weighted by atomic mass is 10.00. The Balaban J connectivity index is 2.43. The van der Waals surface area contributed by atoms with Gasteiger partial charge in [-0.2, -0.15) is 0 Å². The van der Waals surface area contributed by atoms with E-state index in [1.54, 1.807) is 0 Å². The van der Waals surface area contributed by atoms with Gasteiger partial charge >= 0.3 is 0 Å². The van der Waals surface area contributed by atoms with Crippen LogP contribution in [0.3, 0.4) is 0 Å². The van der Waals surface area contributed by atoms with E-state index in [0.717, 1.165) is 12.1 Å². The van der Waals surface area contributed by atoms with E-state index in [2.05, 4.69) is 32.9 Å². The topological polar surface area (TPSA) is 20.3 Å². The van der Waals surface area contributed by atoms with Crippen molar-refractivity contribution in [1.29, 1.82) is 0 Å². The van der Waals surface area contributed by atoms with E-state index < -0.39 is 0 Å². The molecule has 86 valence electrons. The smallest absolute Gasteiger partial charge is 0.227 e. The number of anilines is 1. The first-order chi connectivity index (χ1) is 7.61. The molecule has 1 aromatic carbocycles. The second-order valence-electron chi connectivity index (χ2n) is 4.86. The van der Waals surface area contributed by atoms with Gasteiger partial charge in [0, 0.05) is 18.2 Å². The zero-order chi connectivity index (χ0) is 11.7. The Bertz CT molecular complexity index is 397. The zero-order valence-corrected chi connectivity index (χ0v) is 10.2. The van der Waals surface area contributed by atoms with Crippen molar-refractivity contribution < 1.29 is 4.79 Å². The molecule has 0 radical (unpaired) electrons. The van der Waals surface area contributed by atoms with Gasteiger partial charge in [-0.05, 0) is 30.9 Å². The highest BCUT2D eigenvalue weighted by atomic mass is 16.2. The second-order valence-corrected chi connectivity index (χ2v) is 4.86. The number of para-hydroxylation sites is 1. The lowest BCUT2D eigenvalue weighted by Gasteiger charge is -2.25. The Kier molecular flexibility index (Phi) is 2.99. The summed E-state index contributed by atoms with van der Waals surface area (Å²) in [5.74, 6) is 0.720. The molecule has 0 bridgehead atoms. The number of benzene rings is 1. The Hall–Kier alpha value is -1.31. The van der Waals surface area contributed by atoms with Crippen LogP contribution in [0.2, 0.25) is 0 Å². The lowest BCUT2D eigenvalue weighted by molar-refractivity contribution is -0.117. The largest absolute Gasteiger partial charge is 0.309 e. The fourth-order valence-electron chi connectivity index (χ4n) is 2.39. The van der Waals surface area contributed by atoms with E-state index in [4.69, 9.17) is 0 Å². The maximum Gasteiger partial charge on any atom is 0.227 e. The molecule has 1 aromatic rings. The standard InChI is InChI=1S/C14H19NO/c1-10(2)12-6-4-5-7-13(12)15-11(3)8-9-14(15)16/h4-7,10-11H,8-9H2,1-3H3. The molecule has 0 aromatic heterocycles. The van der Waals surface area contributed by atoms with Gasteiger partial charge in [-0.25, -0.2) is 0 Å². The van der Waals surface area contributed by atoms with E-state index in [9.17, 15) is 4.79 Å². The molecule has 0 spiro atoms. The van der Waals surface area contributed by atoms with Gasteiger partial charge in [-0.3, -0.25) is 4.79 Å². The molecule has 16 heavy (non-hydrogen) atoms. The Morgan fingerprint density at radius 1 is 1.31 bits per heavy atom. The summed E-state index contributed by atoms with van der Waals surface area (Å²) in [6.07, 6.45) is 1.67. The number of carbonyl (C=O) groups is 1. The SMILES string of the molecule is CC(C)c1ccccc1N1C(=O)CCC1C. The summed E-state index contributed by atoms with van der Waals surface area (Å²) in [5, 5.41) is 0. The molecule has 2 rings (SSSR count). The molecule has 1 aliphatic rings. The van der Waals surface area contributed by atoms with Crippen molar-refractivity contribution in [3.05, 3.63) is 29.8 Å². The number of nitrogens with zero attached hydrogens (tertiary/aromatic N) is 1. The van der Waals surface area contributed by atoms with Crippen LogP contribution >= 0.6 is 0 Å². The van der Waals surface area contributed by atoms with Crippen molar-refractivity contribution in [2.75, 3.05) is 4.90 Å². The minimum atomic E-state index is 0.264. The summed E-state index contributed by atoms with van der Waals surface area (Å²) in [7, 11) is 0. The first-order valence-electron chi connectivity index (χ1n) is 6.02. The highest BCUT2D eigenvalue weighted by molar-refractivity contribution is 5.96. The summed E-state index contributed by atoms with van der Waals surface area (Å²) in [5.41, 5.74) is 2.37.